The summed E-state index contributed by atoms with van der Waals surface area (Å²) in [6, 6.07) is 24.8. The molecule has 0 atom stereocenters. The molecule has 1 heterocycles. The molecule has 0 fully saturated rings. The Balaban J connectivity index is 1.58. The molecule has 7 nitrogen and oxygen atoms in total. The Hall–Kier alpha value is -3.78. The Kier molecular flexibility index (Phi) is 6.72. The molecule has 0 radical (unpaired) electrons. The lowest BCUT2D eigenvalue weighted by molar-refractivity contribution is -0.113. The maximum Gasteiger partial charge on any atom is 0.234 e. The van der Waals surface area contributed by atoms with E-state index in [0.717, 1.165) is 17.0 Å². The van der Waals surface area contributed by atoms with Crippen molar-refractivity contribution in [3.63, 3.8) is 0 Å². The van der Waals surface area contributed by atoms with Crippen molar-refractivity contribution in [3.8, 4) is 28.6 Å². The van der Waals surface area contributed by atoms with Gasteiger partial charge < -0.3 is 14.8 Å². The number of hydrogen-bond acceptors (Lipinski definition) is 6. The van der Waals surface area contributed by atoms with Crippen molar-refractivity contribution in [1.29, 1.82) is 0 Å². The van der Waals surface area contributed by atoms with E-state index in [1.54, 1.807) is 26.4 Å². The van der Waals surface area contributed by atoms with Crippen molar-refractivity contribution < 1.29 is 14.3 Å². The zero-order chi connectivity index (χ0) is 22.3. The van der Waals surface area contributed by atoms with Crippen molar-refractivity contribution in [3.05, 3.63) is 78.9 Å². The highest BCUT2D eigenvalue weighted by atomic mass is 32.2. The van der Waals surface area contributed by atoms with Gasteiger partial charge in [0.05, 0.1) is 25.7 Å². The molecule has 162 valence electrons. The number of amides is 1. The predicted octanol–water partition coefficient (Wildman–Crippen LogP) is 4.68. The smallest absolute Gasteiger partial charge is 0.234 e. The van der Waals surface area contributed by atoms with Crippen molar-refractivity contribution in [2.24, 2.45) is 0 Å². The number of carbonyl (C=O) groups is 1. The molecule has 3 aromatic carbocycles. The van der Waals surface area contributed by atoms with E-state index < -0.39 is 0 Å². The molecule has 1 aromatic heterocycles. The molecule has 1 N–H and O–H groups in total. The molecule has 1 amide bonds. The number of benzene rings is 3. The first-order chi connectivity index (χ1) is 15.7. The van der Waals surface area contributed by atoms with E-state index in [2.05, 4.69) is 15.5 Å². The Labute approximate surface area is 190 Å². The highest BCUT2D eigenvalue weighted by molar-refractivity contribution is 7.99. The van der Waals surface area contributed by atoms with Crippen LogP contribution in [-0.2, 0) is 4.79 Å². The van der Waals surface area contributed by atoms with Crippen LogP contribution in [0.15, 0.2) is 84.0 Å². The van der Waals surface area contributed by atoms with E-state index in [0.29, 0.717) is 22.4 Å². The number of rotatable bonds is 8. The lowest BCUT2D eigenvalue weighted by Gasteiger charge is -2.11. The van der Waals surface area contributed by atoms with Crippen LogP contribution in [0.5, 0.6) is 11.5 Å². The Morgan fingerprint density at radius 3 is 2.34 bits per heavy atom. The van der Waals surface area contributed by atoms with Gasteiger partial charge in [-0.3, -0.25) is 9.36 Å². The fraction of sp³-hybridized carbons (Fsp3) is 0.125. The summed E-state index contributed by atoms with van der Waals surface area (Å²) in [5.74, 6) is 2.08. The molecule has 0 bridgehead atoms. The number of ether oxygens (including phenoxy) is 2. The number of aromatic nitrogens is 3. The third-order valence-electron chi connectivity index (χ3n) is 4.71. The minimum atomic E-state index is -0.159. The van der Waals surface area contributed by atoms with Crippen molar-refractivity contribution in [2.45, 2.75) is 5.16 Å². The molecule has 0 spiro atoms. The van der Waals surface area contributed by atoms with Gasteiger partial charge in [0.2, 0.25) is 5.91 Å². The minimum absolute atomic E-state index is 0.159. The van der Waals surface area contributed by atoms with E-state index in [4.69, 9.17) is 9.47 Å². The summed E-state index contributed by atoms with van der Waals surface area (Å²) in [7, 11) is 3.20. The number of methoxy groups -OCH3 is 2. The SMILES string of the molecule is COc1ccc(-c2nnc(SCC(=O)Nc3ccccc3OC)n2-c2ccccc2)cc1. The maximum absolute atomic E-state index is 12.6. The molecule has 8 heteroatoms. The van der Waals surface area contributed by atoms with Gasteiger partial charge in [0.1, 0.15) is 11.5 Å². The molecular weight excluding hydrogens is 424 g/mol. The van der Waals surface area contributed by atoms with Gasteiger partial charge in [-0.1, -0.05) is 42.1 Å². The van der Waals surface area contributed by atoms with E-state index in [1.165, 1.54) is 11.8 Å². The summed E-state index contributed by atoms with van der Waals surface area (Å²) in [5, 5.41) is 12.3. The van der Waals surface area contributed by atoms with E-state index in [1.807, 2.05) is 71.3 Å². The minimum Gasteiger partial charge on any atom is -0.497 e. The van der Waals surface area contributed by atoms with Gasteiger partial charge in [-0.2, -0.15) is 0 Å². The summed E-state index contributed by atoms with van der Waals surface area (Å²) < 4.78 is 12.5. The van der Waals surface area contributed by atoms with Crippen LogP contribution in [0.3, 0.4) is 0 Å². The van der Waals surface area contributed by atoms with Gasteiger partial charge in [-0.05, 0) is 48.5 Å². The van der Waals surface area contributed by atoms with Gasteiger partial charge >= 0.3 is 0 Å². The van der Waals surface area contributed by atoms with Crippen LogP contribution in [0.4, 0.5) is 5.69 Å². The van der Waals surface area contributed by atoms with Crippen LogP contribution in [-0.4, -0.2) is 40.6 Å². The summed E-state index contributed by atoms with van der Waals surface area (Å²) in [6.45, 7) is 0. The second kappa shape index (κ2) is 10.0. The normalized spacial score (nSPS) is 10.6. The molecule has 0 aliphatic heterocycles. The molecular formula is C24H22N4O3S. The van der Waals surface area contributed by atoms with Gasteiger partial charge in [0.15, 0.2) is 11.0 Å². The van der Waals surface area contributed by atoms with Crippen LogP contribution in [0.1, 0.15) is 0 Å². The molecule has 32 heavy (non-hydrogen) atoms. The first kappa shape index (κ1) is 21.5. The van der Waals surface area contributed by atoms with Gasteiger partial charge in [-0.15, -0.1) is 10.2 Å². The second-order valence-corrected chi connectivity index (χ2v) is 7.69. The molecule has 0 saturated heterocycles. The zero-order valence-electron chi connectivity index (χ0n) is 17.7. The highest BCUT2D eigenvalue weighted by Gasteiger charge is 2.18. The predicted molar refractivity (Wildman–Crippen MR) is 126 cm³/mol. The average Bonchev–Trinajstić information content (AvgIpc) is 3.27. The fourth-order valence-electron chi connectivity index (χ4n) is 3.16. The summed E-state index contributed by atoms with van der Waals surface area (Å²) in [4.78, 5) is 12.6. The quantitative estimate of drug-likeness (QED) is 0.396. The number of para-hydroxylation sites is 3. The first-order valence-electron chi connectivity index (χ1n) is 9.90. The van der Waals surface area contributed by atoms with Crippen molar-refractivity contribution >= 4 is 23.4 Å². The molecule has 4 rings (SSSR count). The lowest BCUT2D eigenvalue weighted by Crippen LogP contribution is -2.15. The average molecular weight is 447 g/mol. The van der Waals surface area contributed by atoms with E-state index in [-0.39, 0.29) is 11.7 Å². The third kappa shape index (κ3) is 4.76. The standard InChI is InChI=1S/C24H22N4O3S/c1-30-19-14-12-17(13-15-19)23-26-27-24(28(23)18-8-4-3-5-9-18)32-16-22(29)25-20-10-6-7-11-21(20)31-2/h3-15H,16H2,1-2H3,(H,25,29). The van der Waals surface area contributed by atoms with Gasteiger partial charge in [-0.25, -0.2) is 0 Å². The topological polar surface area (TPSA) is 78.3 Å². The second-order valence-electron chi connectivity index (χ2n) is 6.74. The first-order valence-corrected chi connectivity index (χ1v) is 10.9. The van der Waals surface area contributed by atoms with Crippen LogP contribution in [0.25, 0.3) is 17.1 Å². The molecule has 0 aliphatic carbocycles. The number of nitrogens with one attached hydrogen (secondary N) is 1. The number of hydrogen-bond donors (Lipinski definition) is 1. The molecule has 4 aromatic rings. The van der Waals surface area contributed by atoms with Crippen molar-refractivity contribution in [2.75, 3.05) is 25.3 Å². The third-order valence-corrected chi connectivity index (χ3v) is 5.64. The molecule has 0 unspecified atom stereocenters. The van der Waals surface area contributed by atoms with Crippen LogP contribution >= 0.6 is 11.8 Å². The molecule has 0 saturated carbocycles. The largest absolute Gasteiger partial charge is 0.497 e. The zero-order valence-corrected chi connectivity index (χ0v) is 18.5. The van der Waals surface area contributed by atoms with E-state index >= 15 is 0 Å². The summed E-state index contributed by atoms with van der Waals surface area (Å²) in [6.07, 6.45) is 0. The fourth-order valence-corrected chi connectivity index (χ4v) is 3.92. The van der Waals surface area contributed by atoms with Crippen LogP contribution in [0, 0.1) is 0 Å². The number of anilines is 1. The van der Waals surface area contributed by atoms with Gasteiger partial charge in [0.25, 0.3) is 0 Å². The van der Waals surface area contributed by atoms with Crippen LogP contribution < -0.4 is 14.8 Å². The Morgan fingerprint density at radius 2 is 1.62 bits per heavy atom. The number of carbonyl (C=O) groups excluding carboxylic acids is 1. The monoisotopic (exact) mass is 446 g/mol. The highest BCUT2D eigenvalue weighted by Crippen LogP contribution is 2.29. The Bertz CT molecular complexity index is 1190. The van der Waals surface area contributed by atoms with E-state index in [9.17, 15) is 4.79 Å². The number of nitrogens with zero attached hydrogens (tertiary/aromatic N) is 3. The lowest BCUT2D eigenvalue weighted by atomic mass is 10.2. The summed E-state index contributed by atoms with van der Waals surface area (Å²) >= 11 is 1.32. The molecule has 0 aliphatic rings. The Morgan fingerprint density at radius 1 is 0.906 bits per heavy atom. The van der Waals surface area contributed by atoms with Gasteiger partial charge in [0, 0.05) is 11.3 Å². The van der Waals surface area contributed by atoms with Crippen molar-refractivity contribution in [1.82, 2.24) is 14.8 Å². The summed E-state index contributed by atoms with van der Waals surface area (Å²) in [5.41, 5.74) is 2.44. The van der Waals surface area contributed by atoms with Crippen LogP contribution in [0.2, 0.25) is 0 Å². The number of thioether (sulfide) groups is 1. The maximum atomic E-state index is 12.6.